The lowest BCUT2D eigenvalue weighted by Crippen LogP contribution is -2.36. The Balaban J connectivity index is 1.64. The molecule has 0 fully saturated rings. The van der Waals surface area contributed by atoms with Gasteiger partial charge in [-0.3, -0.25) is 9.69 Å². The molecule has 1 aromatic heterocycles. The molecule has 1 heterocycles. The Morgan fingerprint density at radius 3 is 2.35 bits per heavy atom. The second-order valence-electron chi connectivity index (χ2n) is 7.95. The Morgan fingerprint density at radius 1 is 1.06 bits per heavy atom. The zero-order chi connectivity index (χ0) is 22.4. The van der Waals surface area contributed by atoms with E-state index in [0.717, 1.165) is 11.1 Å². The number of benzene rings is 2. The molecule has 3 aromatic rings. The Labute approximate surface area is 187 Å². The molecule has 1 atom stereocenters. The summed E-state index contributed by atoms with van der Waals surface area (Å²) in [4.78, 5) is 19.1. The first-order valence-electron chi connectivity index (χ1n) is 10.3. The van der Waals surface area contributed by atoms with E-state index in [9.17, 15) is 9.18 Å². The highest BCUT2D eigenvalue weighted by Gasteiger charge is 2.21. The van der Waals surface area contributed by atoms with Crippen LogP contribution in [0.2, 0.25) is 5.02 Å². The molecule has 7 heteroatoms. The molecule has 0 aliphatic rings. The number of nitrogens with zero attached hydrogens (tertiary/aromatic N) is 2. The van der Waals surface area contributed by atoms with Gasteiger partial charge < -0.3 is 9.73 Å². The summed E-state index contributed by atoms with van der Waals surface area (Å²) >= 11 is 6.00. The average molecular weight is 444 g/mol. The van der Waals surface area contributed by atoms with Crippen molar-refractivity contribution in [3.05, 3.63) is 88.3 Å². The molecular formula is C24H27ClFN3O2. The van der Waals surface area contributed by atoms with Crippen LogP contribution in [-0.2, 0) is 19.6 Å². The predicted octanol–water partition coefficient (Wildman–Crippen LogP) is 5.44. The Morgan fingerprint density at radius 2 is 1.71 bits per heavy atom. The molecule has 0 bridgehead atoms. The van der Waals surface area contributed by atoms with E-state index in [0.29, 0.717) is 29.9 Å². The number of halogens is 2. The van der Waals surface area contributed by atoms with Gasteiger partial charge in [0, 0.05) is 24.2 Å². The van der Waals surface area contributed by atoms with Crippen molar-refractivity contribution in [2.75, 3.05) is 0 Å². The molecule has 1 N–H and O–H groups in total. The topological polar surface area (TPSA) is 58.4 Å². The first-order valence-corrected chi connectivity index (χ1v) is 10.6. The number of aromatic nitrogens is 1. The smallest absolute Gasteiger partial charge is 0.273 e. The number of carbonyl (C=O) groups is 1. The summed E-state index contributed by atoms with van der Waals surface area (Å²) in [6.07, 6.45) is 1.37. The van der Waals surface area contributed by atoms with Gasteiger partial charge in [-0.2, -0.15) is 0 Å². The van der Waals surface area contributed by atoms with Crippen LogP contribution in [0.3, 0.4) is 0 Å². The summed E-state index contributed by atoms with van der Waals surface area (Å²) in [5.74, 6) is 0.268. The SMILES string of the molecule is CC(C)C(C)N(Cc1ccc(Cl)cc1)Cc1nc(C(=O)NCc2ccc(F)cc2)co1. The highest BCUT2D eigenvalue weighted by atomic mass is 35.5. The fraction of sp³-hybridized carbons (Fsp3) is 0.333. The van der Waals surface area contributed by atoms with Crippen molar-refractivity contribution in [2.45, 2.75) is 46.4 Å². The van der Waals surface area contributed by atoms with Crippen LogP contribution in [-0.4, -0.2) is 21.8 Å². The zero-order valence-electron chi connectivity index (χ0n) is 17.9. The van der Waals surface area contributed by atoms with Gasteiger partial charge in [0.25, 0.3) is 5.91 Å². The molecule has 0 aliphatic carbocycles. The van der Waals surface area contributed by atoms with Gasteiger partial charge in [0.05, 0.1) is 6.54 Å². The number of hydrogen-bond acceptors (Lipinski definition) is 4. The summed E-state index contributed by atoms with van der Waals surface area (Å²) in [7, 11) is 0. The van der Waals surface area contributed by atoms with Crippen molar-refractivity contribution in [2.24, 2.45) is 5.92 Å². The molecule has 0 spiro atoms. The second-order valence-corrected chi connectivity index (χ2v) is 8.39. The van der Waals surface area contributed by atoms with Crippen LogP contribution >= 0.6 is 11.6 Å². The van der Waals surface area contributed by atoms with Crippen LogP contribution in [0.5, 0.6) is 0 Å². The molecular weight excluding hydrogens is 417 g/mol. The average Bonchev–Trinajstić information content (AvgIpc) is 3.22. The lowest BCUT2D eigenvalue weighted by molar-refractivity contribution is 0.0945. The standard InChI is InChI=1S/C24H27ClFN3O2/c1-16(2)17(3)29(13-19-4-8-20(25)9-5-19)14-23-28-22(15-31-23)24(30)27-12-18-6-10-21(26)11-7-18/h4-11,15-17H,12-14H2,1-3H3,(H,27,30). The molecule has 0 saturated carbocycles. The van der Waals surface area contributed by atoms with Crippen LogP contribution in [0.4, 0.5) is 4.39 Å². The van der Waals surface area contributed by atoms with E-state index >= 15 is 0 Å². The third kappa shape index (κ3) is 6.64. The maximum atomic E-state index is 13.0. The molecule has 2 aromatic carbocycles. The van der Waals surface area contributed by atoms with Crippen molar-refractivity contribution in [1.29, 1.82) is 0 Å². The van der Waals surface area contributed by atoms with E-state index in [1.165, 1.54) is 18.4 Å². The highest BCUT2D eigenvalue weighted by Crippen LogP contribution is 2.19. The lowest BCUT2D eigenvalue weighted by Gasteiger charge is -2.30. The van der Waals surface area contributed by atoms with Gasteiger partial charge in [-0.25, -0.2) is 9.37 Å². The molecule has 31 heavy (non-hydrogen) atoms. The van der Waals surface area contributed by atoms with Gasteiger partial charge in [-0.1, -0.05) is 49.7 Å². The fourth-order valence-corrected chi connectivity index (χ4v) is 3.25. The van der Waals surface area contributed by atoms with E-state index < -0.39 is 0 Å². The zero-order valence-corrected chi connectivity index (χ0v) is 18.7. The van der Waals surface area contributed by atoms with Gasteiger partial charge in [0.2, 0.25) is 5.89 Å². The van der Waals surface area contributed by atoms with E-state index in [4.69, 9.17) is 16.0 Å². The van der Waals surface area contributed by atoms with Crippen LogP contribution < -0.4 is 5.32 Å². The van der Waals surface area contributed by atoms with Crippen LogP contribution in [0.25, 0.3) is 0 Å². The summed E-state index contributed by atoms with van der Waals surface area (Å²) in [5, 5.41) is 3.48. The molecule has 0 aliphatic heterocycles. The van der Waals surface area contributed by atoms with E-state index in [1.807, 2.05) is 24.3 Å². The van der Waals surface area contributed by atoms with Gasteiger partial charge in [0.1, 0.15) is 12.1 Å². The number of rotatable bonds is 9. The van der Waals surface area contributed by atoms with Crippen molar-refractivity contribution in [3.63, 3.8) is 0 Å². The molecule has 5 nitrogen and oxygen atoms in total. The minimum absolute atomic E-state index is 0.223. The minimum atomic E-state index is -0.333. The molecule has 0 radical (unpaired) electrons. The first-order chi connectivity index (χ1) is 14.8. The van der Waals surface area contributed by atoms with Crippen molar-refractivity contribution in [3.8, 4) is 0 Å². The monoisotopic (exact) mass is 443 g/mol. The summed E-state index contributed by atoms with van der Waals surface area (Å²) < 4.78 is 18.6. The predicted molar refractivity (Wildman–Crippen MR) is 119 cm³/mol. The quantitative estimate of drug-likeness (QED) is 0.478. The molecule has 3 rings (SSSR count). The third-order valence-corrected chi connectivity index (χ3v) is 5.58. The lowest BCUT2D eigenvalue weighted by atomic mass is 10.0. The minimum Gasteiger partial charge on any atom is -0.447 e. The fourth-order valence-electron chi connectivity index (χ4n) is 3.13. The van der Waals surface area contributed by atoms with E-state index in [1.54, 1.807) is 12.1 Å². The molecule has 0 saturated heterocycles. The van der Waals surface area contributed by atoms with Crippen LogP contribution in [0, 0.1) is 11.7 Å². The maximum absolute atomic E-state index is 13.0. The molecule has 1 unspecified atom stereocenters. The van der Waals surface area contributed by atoms with Crippen LogP contribution in [0.1, 0.15) is 48.3 Å². The first kappa shape index (κ1) is 23.0. The number of oxazole rings is 1. The second kappa shape index (κ2) is 10.6. The summed E-state index contributed by atoms with van der Waals surface area (Å²) in [5.41, 5.74) is 2.17. The normalized spacial score (nSPS) is 12.4. The van der Waals surface area contributed by atoms with E-state index in [2.05, 4.69) is 36.0 Å². The largest absolute Gasteiger partial charge is 0.447 e. The number of carbonyl (C=O) groups excluding carboxylic acids is 1. The van der Waals surface area contributed by atoms with Gasteiger partial charge in [0.15, 0.2) is 5.69 Å². The summed E-state index contributed by atoms with van der Waals surface area (Å²) in [6, 6.07) is 14.0. The summed E-state index contributed by atoms with van der Waals surface area (Å²) in [6.45, 7) is 7.99. The van der Waals surface area contributed by atoms with Crippen molar-refractivity contribution >= 4 is 17.5 Å². The third-order valence-electron chi connectivity index (χ3n) is 5.33. The number of nitrogens with one attached hydrogen (secondary N) is 1. The van der Waals surface area contributed by atoms with Gasteiger partial charge in [-0.15, -0.1) is 0 Å². The van der Waals surface area contributed by atoms with Crippen molar-refractivity contribution < 1.29 is 13.6 Å². The molecule has 1 amide bonds. The Bertz CT molecular complexity index is 987. The van der Waals surface area contributed by atoms with Gasteiger partial charge >= 0.3 is 0 Å². The van der Waals surface area contributed by atoms with Gasteiger partial charge in [-0.05, 0) is 48.2 Å². The van der Waals surface area contributed by atoms with Crippen molar-refractivity contribution in [1.82, 2.24) is 15.2 Å². The Hall–Kier alpha value is -2.70. The number of amides is 1. The van der Waals surface area contributed by atoms with E-state index in [-0.39, 0.29) is 30.0 Å². The number of hydrogen-bond donors (Lipinski definition) is 1. The Kier molecular flexibility index (Phi) is 7.82. The maximum Gasteiger partial charge on any atom is 0.273 e. The molecule has 164 valence electrons. The van der Waals surface area contributed by atoms with Crippen LogP contribution in [0.15, 0.2) is 59.2 Å². The highest BCUT2D eigenvalue weighted by molar-refractivity contribution is 6.30.